The molecule has 0 unspecified atom stereocenters. The molecule has 2 bridgehead atoms. The number of halogens is 3. The van der Waals surface area contributed by atoms with Crippen molar-refractivity contribution in [3.63, 3.8) is 0 Å². The van der Waals surface area contributed by atoms with Crippen LogP contribution in [0.2, 0.25) is 0 Å². The van der Waals surface area contributed by atoms with Crippen molar-refractivity contribution in [3.05, 3.63) is 52.9 Å². The van der Waals surface area contributed by atoms with E-state index in [1.54, 1.807) is 6.07 Å². The average Bonchev–Trinajstić information content (AvgIpc) is 2.96. The molecule has 3 heterocycles. The molecule has 4 atom stereocenters. The summed E-state index contributed by atoms with van der Waals surface area (Å²) in [4.78, 5) is 26.5. The first kappa shape index (κ1) is 25.1. The number of rotatable bonds is 5. The summed E-state index contributed by atoms with van der Waals surface area (Å²) in [5, 5.41) is 0. The monoisotopic (exact) mass is 514 g/mol. The zero-order valence-electron chi connectivity index (χ0n) is 19.1. The summed E-state index contributed by atoms with van der Waals surface area (Å²) in [6.45, 7) is 0.316. The number of hydrogen-bond donors (Lipinski definition) is 0. The van der Waals surface area contributed by atoms with Crippen LogP contribution in [0.3, 0.4) is 0 Å². The van der Waals surface area contributed by atoms with E-state index in [1.165, 1.54) is 46.0 Å². The fourth-order valence-corrected chi connectivity index (χ4v) is 5.49. The Hall–Kier alpha value is -3.02. The summed E-state index contributed by atoms with van der Waals surface area (Å²) in [6, 6.07) is 8.23. The van der Waals surface area contributed by atoms with Gasteiger partial charge in [-0.15, -0.1) is 0 Å². The number of piperidine rings is 1. The Bertz CT molecular complexity index is 1260. The van der Waals surface area contributed by atoms with Gasteiger partial charge in [0.1, 0.15) is 11.9 Å². The highest BCUT2D eigenvalue weighted by molar-refractivity contribution is 7.90. The maximum absolute atomic E-state index is 12.7. The average molecular weight is 515 g/mol. The Labute approximate surface area is 200 Å². The minimum Gasteiger partial charge on any atom is -0.490 e. The van der Waals surface area contributed by atoms with Gasteiger partial charge in [-0.1, -0.05) is 6.92 Å². The molecule has 2 aliphatic heterocycles. The predicted molar refractivity (Wildman–Crippen MR) is 119 cm³/mol. The molecule has 1 aromatic heterocycles. The number of sulfone groups is 1. The Morgan fingerprint density at radius 3 is 2.37 bits per heavy atom. The number of carbonyl (C=O) groups is 1. The lowest BCUT2D eigenvalue weighted by Crippen LogP contribution is -2.50. The molecular formula is C23H25F3N2O6S. The lowest BCUT2D eigenvalue weighted by Gasteiger charge is -2.38. The van der Waals surface area contributed by atoms with Crippen molar-refractivity contribution in [2.45, 2.75) is 55.4 Å². The van der Waals surface area contributed by atoms with E-state index in [2.05, 4.69) is 4.74 Å². The lowest BCUT2D eigenvalue weighted by atomic mass is 9.97. The van der Waals surface area contributed by atoms with Gasteiger partial charge in [0.25, 0.3) is 5.56 Å². The molecule has 4 rings (SSSR count). The standard InChI is InChI=1S/C23H25F3N2O6S/c1-14-9-16-10-18(11-20(14)28(16)22(30)33-13-23(24,25)26)34-17-7-8-27(21(29)12-17)15-3-5-19(6-4-15)35(2,31)32/h3-8,12,14,16,18,20H,9-11,13H2,1-2H3/t14-,16-,18+,20+/m1/s1. The molecule has 0 radical (unpaired) electrons. The van der Waals surface area contributed by atoms with Gasteiger partial charge in [-0.05, 0) is 42.7 Å². The summed E-state index contributed by atoms with van der Waals surface area (Å²) < 4.78 is 72.4. The third kappa shape index (κ3) is 5.63. The normalized spacial score (nSPS) is 24.3. The summed E-state index contributed by atoms with van der Waals surface area (Å²) >= 11 is 0. The van der Waals surface area contributed by atoms with Crippen LogP contribution in [0.25, 0.3) is 5.69 Å². The molecule has 190 valence electrons. The summed E-state index contributed by atoms with van der Waals surface area (Å²) in [6.07, 6.45) is -1.78. The highest BCUT2D eigenvalue weighted by Gasteiger charge is 2.49. The van der Waals surface area contributed by atoms with Crippen molar-refractivity contribution < 1.29 is 35.9 Å². The smallest absolute Gasteiger partial charge is 0.422 e. The van der Waals surface area contributed by atoms with Gasteiger partial charge in [-0.25, -0.2) is 13.2 Å². The number of fused-ring (bicyclic) bond motifs is 2. The van der Waals surface area contributed by atoms with Crippen LogP contribution in [0.15, 0.2) is 52.3 Å². The highest BCUT2D eigenvalue weighted by Crippen LogP contribution is 2.41. The Morgan fingerprint density at radius 1 is 1.11 bits per heavy atom. The van der Waals surface area contributed by atoms with E-state index >= 15 is 0 Å². The number of nitrogens with zero attached hydrogens (tertiary/aromatic N) is 2. The number of benzene rings is 1. The Morgan fingerprint density at radius 2 is 1.80 bits per heavy atom. The van der Waals surface area contributed by atoms with Crippen LogP contribution in [-0.4, -0.2) is 61.2 Å². The first-order valence-corrected chi connectivity index (χ1v) is 12.9. The van der Waals surface area contributed by atoms with Gasteiger partial charge in [-0.2, -0.15) is 13.2 Å². The van der Waals surface area contributed by atoms with Crippen molar-refractivity contribution in [2.75, 3.05) is 12.9 Å². The van der Waals surface area contributed by atoms with Crippen molar-refractivity contribution in [1.29, 1.82) is 0 Å². The molecule has 12 heteroatoms. The Balaban J connectivity index is 1.43. The first-order valence-electron chi connectivity index (χ1n) is 11.0. The third-order valence-electron chi connectivity index (χ3n) is 6.40. The van der Waals surface area contributed by atoms with Crippen LogP contribution >= 0.6 is 0 Å². The van der Waals surface area contributed by atoms with E-state index in [0.717, 1.165) is 6.26 Å². The van der Waals surface area contributed by atoms with E-state index in [1.807, 2.05) is 6.92 Å². The number of amides is 1. The van der Waals surface area contributed by atoms with Crippen LogP contribution in [0, 0.1) is 5.92 Å². The maximum atomic E-state index is 12.7. The van der Waals surface area contributed by atoms with Crippen LogP contribution in [-0.2, 0) is 14.6 Å². The molecule has 2 fully saturated rings. The Kier molecular flexibility index (Phi) is 6.60. The first-order chi connectivity index (χ1) is 16.3. The molecule has 2 aromatic rings. The summed E-state index contributed by atoms with van der Waals surface area (Å²) in [7, 11) is -3.35. The minimum absolute atomic E-state index is 0.0787. The molecule has 1 aromatic carbocycles. The van der Waals surface area contributed by atoms with Crippen molar-refractivity contribution in [3.8, 4) is 11.4 Å². The zero-order chi connectivity index (χ0) is 25.5. The minimum atomic E-state index is -4.59. The van der Waals surface area contributed by atoms with Gasteiger partial charge in [0.15, 0.2) is 16.4 Å². The van der Waals surface area contributed by atoms with Gasteiger partial charge >= 0.3 is 12.3 Å². The number of alkyl halides is 3. The molecule has 8 nitrogen and oxygen atoms in total. The van der Waals surface area contributed by atoms with E-state index in [0.29, 0.717) is 30.7 Å². The van der Waals surface area contributed by atoms with Crippen molar-refractivity contribution >= 4 is 15.9 Å². The zero-order valence-corrected chi connectivity index (χ0v) is 19.9. The van der Waals surface area contributed by atoms with Gasteiger partial charge in [0.05, 0.1) is 4.90 Å². The topological polar surface area (TPSA) is 94.9 Å². The number of aromatic nitrogens is 1. The molecule has 0 saturated carbocycles. The van der Waals surface area contributed by atoms with Crippen LogP contribution in [0.5, 0.6) is 5.75 Å². The summed E-state index contributed by atoms with van der Waals surface area (Å²) in [5.74, 6) is 0.416. The predicted octanol–water partition coefficient (Wildman–Crippen LogP) is 3.56. The van der Waals surface area contributed by atoms with E-state index in [4.69, 9.17) is 4.74 Å². The molecule has 35 heavy (non-hydrogen) atoms. The number of carbonyl (C=O) groups excluding carboxylic acids is 1. The second-order valence-corrected chi connectivity index (χ2v) is 11.1. The second-order valence-electron chi connectivity index (χ2n) is 9.06. The number of pyridine rings is 1. The van der Waals surface area contributed by atoms with Crippen LogP contribution in [0.1, 0.15) is 26.2 Å². The molecule has 0 N–H and O–H groups in total. The summed E-state index contributed by atoms with van der Waals surface area (Å²) in [5.41, 5.74) is 0.116. The van der Waals surface area contributed by atoms with Gasteiger partial charge in [0, 0.05) is 49.1 Å². The van der Waals surface area contributed by atoms with Gasteiger partial charge in [0.2, 0.25) is 0 Å². The quantitative estimate of drug-likeness (QED) is 0.606. The van der Waals surface area contributed by atoms with E-state index < -0.39 is 28.7 Å². The third-order valence-corrected chi connectivity index (χ3v) is 7.53. The van der Waals surface area contributed by atoms with E-state index in [-0.39, 0.29) is 34.6 Å². The van der Waals surface area contributed by atoms with Crippen LogP contribution in [0.4, 0.5) is 18.0 Å². The van der Waals surface area contributed by atoms with Crippen LogP contribution < -0.4 is 10.3 Å². The van der Waals surface area contributed by atoms with E-state index in [9.17, 15) is 31.2 Å². The van der Waals surface area contributed by atoms with Crippen molar-refractivity contribution in [2.24, 2.45) is 5.92 Å². The maximum Gasteiger partial charge on any atom is 0.422 e. The molecule has 1 amide bonds. The second kappa shape index (κ2) is 9.21. The largest absolute Gasteiger partial charge is 0.490 e. The number of ether oxygens (including phenoxy) is 2. The molecule has 2 aliphatic rings. The van der Waals surface area contributed by atoms with Gasteiger partial charge in [-0.3, -0.25) is 9.36 Å². The van der Waals surface area contributed by atoms with Crippen molar-refractivity contribution in [1.82, 2.24) is 9.47 Å². The highest BCUT2D eigenvalue weighted by atomic mass is 32.2. The fraction of sp³-hybridized carbons (Fsp3) is 0.478. The molecule has 2 saturated heterocycles. The molecule has 0 aliphatic carbocycles. The molecule has 0 spiro atoms. The lowest BCUT2D eigenvalue weighted by molar-refractivity contribution is -0.163. The molecular weight excluding hydrogens is 489 g/mol. The van der Waals surface area contributed by atoms with Gasteiger partial charge < -0.3 is 14.4 Å². The fourth-order valence-electron chi connectivity index (χ4n) is 4.86. The number of hydrogen-bond acceptors (Lipinski definition) is 6. The SMILES string of the molecule is C[C@@H]1C[C@@H]2C[C@H](Oc3ccn(-c4ccc(S(C)(=O)=O)cc4)c(=O)c3)C[C@@H]1N2C(=O)OCC(F)(F)F.